The molecule has 0 atom stereocenters. The molecular formula is C18H27N3O3. The first kappa shape index (κ1) is 18.3. The Bertz CT molecular complexity index is 516. The second-order valence-corrected chi connectivity index (χ2v) is 6.13. The molecule has 6 nitrogen and oxygen atoms in total. The van der Waals surface area contributed by atoms with Crippen LogP contribution in [0.2, 0.25) is 0 Å². The molecule has 0 bridgehead atoms. The second-order valence-electron chi connectivity index (χ2n) is 6.13. The van der Waals surface area contributed by atoms with Crippen LogP contribution in [0.4, 0.5) is 4.79 Å². The van der Waals surface area contributed by atoms with Gasteiger partial charge in [0.2, 0.25) is 5.91 Å². The molecule has 6 heteroatoms. The number of nitrogens with one attached hydrogen (secondary N) is 3. The molecule has 2 amide bonds. The lowest BCUT2D eigenvalue weighted by Crippen LogP contribution is -2.52. The summed E-state index contributed by atoms with van der Waals surface area (Å²) in [7, 11) is 0. The van der Waals surface area contributed by atoms with Gasteiger partial charge in [0.25, 0.3) is 0 Å². The molecule has 2 rings (SSSR count). The minimum absolute atomic E-state index is 0.0860. The molecule has 1 aromatic carbocycles. The van der Waals surface area contributed by atoms with E-state index in [9.17, 15) is 9.59 Å². The van der Waals surface area contributed by atoms with E-state index in [0.29, 0.717) is 19.0 Å². The van der Waals surface area contributed by atoms with Gasteiger partial charge in [-0.1, -0.05) is 37.3 Å². The van der Waals surface area contributed by atoms with Crippen LogP contribution in [-0.2, 0) is 16.1 Å². The second kappa shape index (κ2) is 9.93. The Morgan fingerprint density at radius 3 is 2.58 bits per heavy atom. The largest absolute Gasteiger partial charge is 0.445 e. The van der Waals surface area contributed by atoms with Gasteiger partial charge in [0.15, 0.2) is 0 Å². The fourth-order valence-electron chi connectivity index (χ4n) is 2.58. The SMILES string of the molecule is CCCNC(=O)CCNC1CC(NC(=O)OCc2ccccc2)C1. The highest BCUT2D eigenvalue weighted by atomic mass is 16.5. The molecule has 1 aromatic rings. The highest BCUT2D eigenvalue weighted by molar-refractivity contribution is 5.76. The number of hydrogen-bond donors (Lipinski definition) is 3. The lowest BCUT2D eigenvalue weighted by molar-refractivity contribution is -0.121. The predicted molar refractivity (Wildman–Crippen MR) is 92.5 cm³/mol. The Morgan fingerprint density at radius 2 is 1.88 bits per heavy atom. The van der Waals surface area contributed by atoms with E-state index in [-0.39, 0.29) is 24.6 Å². The summed E-state index contributed by atoms with van der Waals surface area (Å²) in [5, 5.41) is 9.05. The molecule has 0 spiro atoms. The summed E-state index contributed by atoms with van der Waals surface area (Å²) in [6.45, 7) is 3.73. The molecule has 24 heavy (non-hydrogen) atoms. The van der Waals surface area contributed by atoms with Crippen LogP contribution in [0.5, 0.6) is 0 Å². The molecular weight excluding hydrogens is 306 g/mol. The zero-order valence-electron chi connectivity index (χ0n) is 14.2. The number of benzene rings is 1. The molecule has 0 saturated heterocycles. The van der Waals surface area contributed by atoms with E-state index in [2.05, 4.69) is 16.0 Å². The summed E-state index contributed by atoms with van der Waals surface area (Å²) in [6.07, 6.45) is 2.82. The van der Waals surface area contributed by atoms with Crippen LogP contribution in [0.3, 0.4) is 0 Å². The van der Waals surface area contributed by atoms with Crippen LogP contribution in [0.15, 0.2) is 30.3 Å². The van der Waals surface area contributed by atoms with Crippen molar-refractivity contribution in [2.75, 3.05) is 13.1 Å². The van der Waals surface area contributed by atoms with Crippen molar-refractivity contribution in [2.45, 2.75) is 51.3 Å². The van der Waals surface area contributed by atoms with E-state index < -0.39 is 0 Å². The van der Waals surface area contributed by atoms with Crippen molar-refractivity contribution < 1.29 is 14.3 Å². The van der Waals surface area contributed by atoms with Crippen LogP contribution >= 0.6 is 0 Å². The molecule has 1 aliphatic carbocycles. The minimum atomic E-state index is -0.374. The Hall–Kier alpha value is -2.08. The molecule has 0 heterocycles. The van der Waals surface area contributed by atoms with Gasteiger partial charge >= 0.3 is 6.09 Å². The Morgan fingerprint density at radius 1 is 1.12 bits per heavy atom. The zero-order chi connectivity index (χ0) is 17.2. The van der Waals surface area contributed by atoms with Crippen LogP contribution in [-0.4, -0.2) is 37.2 Å². The van der Waals surface area contributed by atoms with Gasteiger partial charge in [-0.3, -0.25) is 4.79 Å². The number of hydrogen-bond acceptors (Lipinski definition) is 4. The van der Waals surface area contributed by atoms with Crippen molar-refractivity contribution in [1.29, 1.82) is 0 Å². The first-order valence-electron chi connectivity index (χ1n) is 8.64. The average Bonchev–Trinajstić information content (AvgIpc) is 2.56. The molecule has 0 aliphatic heterocycles. The fraction of sp³-hybridized carbons (Fsp3) is 0.556. The summed E-state index contributed by atoms with van der Waals surface area (Å²) in [6, 6.07) is 10.1. The Balaban J connectivity index is 1.50. The smallest absolute Gasteiger partial charge is 0.407 e. The highest BCUT2D eigenvalue weighted by Crippen LogP contribution is 2.20. The van der Waals surface area contributed by atoms with E-state index in [1.807, 2.05) is 37.3 Å². The molecule has 1 saturated carbocycles. The van der Waals surface area contributed by atoms with Gasteiger partial charge in [-0.15, -0.1) is 0 Å². The van der Waals surface area contributed by atoms with Crippen molar-refractivity contribution in [3.05, 3.63) is 35.9 Å². The lowest BCUT2D eigenvalue weighted by Gasteiger charge is -2.36. The number of rotatable bonds is 9. The molecule has 0 aromatic heterocycles. The van der Waals surface area contributed by atoms with E-state index in [1.54, 1.807) is 0 Å². The van der Waals surface area contributed by atoms with Crippen molar-refractivity contribution in [3.8, 4) is 0 Å². The molecule has 132 valence electrons. The lowest BCUT2D eigenvalue weighted by atomic mass is 9.87. The van der Waals surface area contributed by atoms with Crippen LogP contribution < -0.4 is 16.0 Å². The number of alkyl carbamates (subject to hydrolysis) is 1. The maximum Gasteiger partial charge on any atom is 0.407 e. The van der Waals surface area contributed by atoms with Gasteiger partial charge in [0.1, 0.15) is 6.61 Å². The van der Waals surface area contributed by atoms with Gasteiger partial charge in [0, 0.05) is 31.6 Å². The van der Waals surface area contributed by atoms with Crippen LogP contribution in [0, 0.1) is 0 Å². The maximum atomic E-state index is 11.7. The van der Waals surface area contributed by atoms with Gasteiger partial charge in [-0.2, -0.15) is 0 Å². The topological polar surface area (TPSA) is 79.5 Å². The summed E-state index contributed by atoms with van der Waals surface area (Å²) in [4.78, 5) is 23.2. The fourth-order valence-corrected chi connectivity index (χ4v) is 2.58. The summed E-state index contributed by atoms with van der Waals surface area (Å²) < 4.78 is 5.20. The van der Waals surface area contributed by atoms with Crippen molar-refractivity contribution >= 4 is 12.0 Å². The number of ether oxygens (including phenoxy) is 1. The minimum Gasteiger partial charge on any atom is -0.445 e. The van der Waals surface area contributed by atoms with E-state index in [1.165, 1.54) is 0 Å². The first-order chi connectivity index (χ1) is 11.7. The van der Waals surface area contributed by atoms with Crippen LogP contribution in [0.1, 0.15) is 38.2 Å². The Labute approximate surface area is 143 Å². The third-order valence-electron chi connectivity index (χ3n) is 4.03. The van der Waals surface area contributed by atoms with Gasteiger partial charge in [-0.05, 0) is 24.8 Å². The van der Waals surface area contributed by atoms with E-state index >= 15 is 0 Å². The monoisotopic (exact) mass is 333 g/mol. The first-order valence-corrected chi connectivity index (χ1v) is 8.64. The molecule has 1 fully saturated rings. The number of carbonyl (C=O) groups excluding carboxylic acids is 2. The normalized spacial score (nSPS) is 19.2. The quantitative estimate of drug-likeness (QED) is 0.645. The van der Waals surface area contributed by atoms with Crippen molar-refractivity contribution in [2.24, 2.45) is 0 Å². The van der Waals surface area contributed by atoms with Gasteiger partial charge in [0.05, 0.1) is 0 Å². The zero-order valence-corrected chi connectivity index (χ0v) is 14.2. The third kappa shape index (κ3) is 6.58. The highest BCUT2D eigenvalue weighted by Gasteiger charge is 2.30. The maximum absolute atomic E-state index is 11.7. The van der Waals surface area contributed by atoms with Gasteiger partial charge < -0.3 is 20.7 Å². The molecule has 1 aliphatic rings. The average molecular weight is 333 g/mol. The molecule has 3 N–H and O–H groups in total. The van der Waals surface area contributed by atoms with Crippen molar-refractivity contribution in [3.63, 3.8) is 0 Å². The summed E-state index contributed by atoms with van der Waals surface area (Å²) in [5.41, 5.74) is 0.974. The standard InChI is InChI=1S/C18H27N3O3/c1-2-9-20-17(22)8-10-19-15-11-16(12-15)21-18(23)24-13-14-6-4-3-5-7-14/h3-7,15-16,19H,2,8-13H2,1H3,(H,20,22)(H,21,23). The van der Waals surface area contributed by atoms with E-state index in [4.69, 9.17) is 4.74 Å². The van der Waals surface area contributed by atoms with Crippen LogP contribution in [0.25, 0.3) is 0 Å². The Kier molecular flexibility index (Phi) is 7.55. The number of amides is 2. The van der Waals surface area contributed by atoms with E-state index in [0.717, 1.165) is 31.4 Å². The number of carbonyl (C=O) groups is 2. The summed E-state index contributed by atoms with van der Waals surface area (Å²) in [5.74, 6) is 0.0860. The van der Waals surface area contributed by atoms with Crippen molar-refractivity contribution in [1.82, 2.24) is 16.0 Å². The molecule has 0 radical (unpaired) electrons. The summed E-state index contributed by atoms with van der Waals surface area (Å²) >= 11 is 0. The third-order valence-corrected chi connectivity index (χ3v) is 4.03. The van der Waals surface area contributed by atoms with Gasteiger partial charge in [-0.25, -0.2) is 4.79 Å². The predicted octanol–water partition coefficient (Wildman–Crippen LogP) is 1.95. The molecule has 0 unspecified atom stereocenters.